The van der Waals surface area contributed by atoms with Crippen molar-refractivity contribution in [3.05, 3.63) is 75.8 Å². The summed E-state index contributed by atoms with van der Waals surface area (Å²) < 4.78 is 13.3. The summed E-state index contributed by atoms with van der Waals surface area (Å²) >= 11 is 0. The maximum atomic E-state index is 13.2. The molecule has 1 unspecified atom stereocenters. The fourth-order valence-corrected chi connectivity index (χ4v) is 4.74. The first-order valence-corrected chi connectivity index (χ1v) is 13.2. The van der Waals surface area contributed by atoms with Gasteiger partial charge in [-0.15, -0.1) is 5.10 Å². The lowest BCUT2D eigenvalue weighted by molar-refractivity contribution is 0.149. The number of hydrogen-bond acceptors (Lipinski definition) is 7. The summed E-state index contributed by atoms with van der Waals surface area (Å²) in [5.74, 6) is 2.36. The predicted molar refractivity (Wildman–Crippen MR) is 148 cm³/mol. The number of aromatic nitrogens is 5. The number of fused-ring (bicyclic) bond motifs is 1. The normalized spacial score (nSPS) is 12.7. The van der Waals surface area contributed by atoms with E-state index in [0.717, 1.165) is 46.6 Å². The van der Waals surface area contributed by atoms with E-state index in [4.69, 9.17) is 9.47 Å². The number of nitrogens with one attached hydrogen (secondary N) is 1. The molecule has 38 heavy (non-hydrogen) atoms. The summed E-state index contributed by atoms with van der Waals surface area (Å²) in [4.78, 5) is 18.5. The molecule has 0 saturated heterocycles. The Labute approximate surface area is 223 Å². The number of benzene rings is 2. The van der Waals surface area contributed by atoms with Crippen molar-refractivity contribution in [2.24, 2.45) is 0 Å². The zero-order valence-corrected chi connectivity index (χ0v) is 23.2. The van der Waals surface area contributed by atoms with E-state index in [1.54, 1.807) is 7.11 Å². The van der Waals surface area contributed by atoms with Crippen LogP contribution < -0.4 is 15.0 Å². The van der Waals surface area contributed by atoms with Gasteiger partial charge < -0.3 is 14.5 Å². The van der Waals surface area contributed by atoms with E-state index in [-0.39, 0.29) is 17.1 Å². The Balaban J connectivity index is 1.80. The average Bonchev–Trinajstić information content (AvgIpc) is 3.41. The third-order valence-corrected chi connectivity index (χ3v) is 7.20. The van der Waals surface area contributed by atoms with Crippen LogP contribution in [0.1, 0.15) is 70.5 Å². The molecule has 0 saturated carbocycles. The molecule has 0 spiro atoms. The van der Waals surface area contributed by atoms with E-state index >= 15 is 0 Å². The van der Waals surface area contributed by atoms with Gasteiger partial charge in [0.2, 0.25) is 0 Å². The number of hydrogen-bond donors (Lipinski definition) is 1. The first kappa shape index (κ1) is 27.3. The smallest absolute Gasteiger partial charge is 0.252 e. The fourth-order valence-electron chi connectivity index (χ4n) is 4.74. The SMILES string of the molecule is CCOc1ccc2[nH]c(=O)c(CN(Cc3ccccc3OC)C(CC)c3nnnn3C(C)(C)CC)cc2c1. The number of nitrogens with zero attached hydrogens (tertiary/aromatic N) is 5. The molecular formula is C29H38N6O3. The van der Waals surface area contributed by atoms with Gasteiger partial charge in [0.15, 0.2) is 5.82 Å². The van der Waals surface area contributed by atoms with Crippen LogP contribution in [0, 0.1) is 0 Å². The van der Waals surface area contributed by atoms with Gasteiger partial charge in [0.1, 0.15) is 11.5 Å². The third kappa shape index (κ3) is 5.72. The zero-order chi connectivity index (χ0) is 27.3. The van der Waals surface area contributed by atoms with Crippen LogP contribution >= 0.6 is 0 Å². The highest BCUT2D eigenvalue weighted by atomic mass is 16.5. The third-order valence-electron chi connectivity index (χ3n) is 7.20. The number of aromatic amines is 1. The average molecular weight is 519 g/mol. The molecule has 9 heteroatoms. The standard InChI is InChI=1S/C29H38N6O3/c1-7-25(27-31-32-33-35(27)29(4,5)8-2)34(18-20-12-10-11-13-26(20)37-6)19-22-16-21-17-23(38-9-3)14-15-24(21)30-28(22)36/h10-17,25H,7-9,18-19H2,1-6H3,(H,30,36). The van der Waals surface area contributed by atoms with Crippen LogP contribution in [-0.2, 0) is 18.6 Å². The van der Waals surface area contributed by atoms with Crippen molar-refractivity contribution in [2.75, 3.05) is 13.7 Å². The lowest BCUT2D eigenvalue weighted by atomic mass is 10.0. The van der Waals surface area contributed by atoms with Gasteiger partial charge in [-0.3, -0.25) is 9.69 Å². The van der Waals surface area contributed by atoms with Crippen LogP contribution in [0.3, 0.4) is 0 Å². The highest BCUT2D eigenvalue weighted by Gasteiger charge is 2.31. The second kappa shape index (κ2) is 11.8. The molecule has 0 radical (unpaired) electrons. The molecule has 4 aromatic rings. The summed E-state index contributed by atoms with van der Waals surface area (Å²) in [6.07, 6.45) is 1.63. The fraction of sp³-hybridized carbons (Fsp3) is 0.448. The first-order chi connectivity index (χ1) is 18.3. The molecule has 2 heterocycles. The highest BCUT2D eigenvalue weighted by molar-refractivity contribution is 5.80. The van der Waals surface area contributed by atoms with Crippen molar-refractivity contribution in [1.29, 1.82) is 0 Å². The Hall–Kier alpha value is -3.72. The van der Waals surface area contributed by atoms with E-state index in [1.165, 1.54) is 0 Å². The van der Waals surface area contributed by atoms with E-state index < -0.39 is 0 Å². The van der Waals surface area contributed by atoms with Gasteiger partial charge in [-0.05, 0) is 74.4 Å². The Morgan fingerprint density at radius 2 is 1.82 bits per heavy atom. The van der Waals surface area contributed by atoms with Gasteiger partial charge >= 0.3 is 0 Å². The Morgan fingerprint density at radius 1 is 1.05 bits per heavy atom. The first-order valence-electron chi connectivity index (χ1n) is 13.2. The van der Waals surface area contributed by atoms with Crippen LogP contribution in [0.25, 0.3) is 10.9 Å². The Kier molecular flexibility index (Phi) is 8.46. The van der Waals surface area contributed by atoms with Gasteiger partial charge in [-0.25, -0.2) is 4.68 Å². The molecule has 4 rings (SSSR count). The minimum Gasteiger partial charge on any atom is -0.496 e. The molecule has 0 aliphatic rings. The topological polar surface area (TPSA) is 98.2 Å². The quantitative estimate of drug-likeness (QED) is 0.275. The van der Waals surface area contributed by atoms with Gasteiger partial charge in [0.25, 0.3) is 5.56 Å². The molecular weight excluding hydrogens is 480 g/mol. The zero-order valence-electron chi connectivity index (χ0n) is 23.2. The number of rotatable bonds is 12. The van der Waals surface area contributed by atoms with Crippen LogP contribution in [0.15, 0.2) is 53.3 Å². The molecule has 0 bridgehead atoms. The minimum atomic E-state index is -0.252. The Morgan fingerprint density at radius 3 is 2.53 bits per heavy atom. The van der Waals surface area contributed by atoms with Crippen LogP contribution in [0.2, 0.25) is 0 Å². The van der Waals surface area contributed by atoms with Crippen molar-refractivity contribution in [3.8, 4) is 11.5 Å². The number of pyridine rings is 1. The Bertz CT molecular complexity index is 1430. The molecule has 0 aliphatic heterocycles. The number of para-hydroxylation sites is 1. The van der Waals surface area contributed by atoms with Crippen molar-refractivity contribution in [2.45, 2.75) is 72.1 Å². The lowest BCUT2D eigenvalue weighted by Crippen LogP contribution is -2.36. The highest BCUT2D eigenvalue weighted by Crippen LogP contribution is 2.32. The van der Waals surface area contributed by atoms with E-state index in [9.17, 15) is 4.79 Å². The maximum Gasteiger partial charge on any atom is 0.252 e. The van der Waals surface area contributed by atoms with E-state index in [2.05, 4.69) is 59.2 Å². The molecule has 0 fully saturated rings. The minimum absolute atomic E-state index is 0.116. The lowest BCUT2D eigenvalue weighted by Gasteiger charge is -2.33. The van der Waals surface area contributed by atoms with Crippen molar-refractivity contribution >= 4 is 10.9 Å². The molecule has 0 aliphatic carbocycles. The van der Waals surface area contributed by atoms with Gasteiger partial charge in [0, 0.05) is 35.1 Å². The second-order valence-corrected chi connectivity index (χ2v) is 10.1. The summed E-state index contributed by atoms with van der Waals surface area (Å²) in [6.45, 7) is 12.0. The number of methoxy groups -OCH3 is 1. The van der Waals surface area contributed by atoms with Crippen LogP contribution in [0.4, 0.5) is 0 Å². The monoisotopic (exact) mass is 518 g/mol. The summed E-state index contributed by atoms with van der Waals surface area (Å²) in [5.41, 5.74) is 2.10. The molecule has 1 N–H and O–H groups in total. The van der Waals surface area contributed by atoms with Crippen LogP contribution in [-0.4, -0.2) is 43.8 Å². The second-order valence-electron chi connectivity index (χ2n) is 10.1. The van der Waals surface area contributed by atoms with E-state index in [1.807, 2.05) is 54.1 Å². The summed E-state index contributed by atoms with van der Waals surface area (Å²) in [7, 11) is 1.68. The van der Waals surface area contributed by atoms with Crippen molar-refractivity contribution in [3.63, 3.8) is 0 Å². The van der Waals surface area contributed by atoms with Crippen LogP contribution in [0.5, 0.6) is 11.5 Å². The summed E-state index contributed by atoms with van der Waals surface area (Å²) in [6, 6.07) is 15.5. The van der Waals surface area contributed by atoms with E-state index in [0.29, 0.717) is 25.3 Å². The molecule has 1 atom stereocenters. The predicted octanol–water partition coefficient (Wildman–Crippen LogP) is 5.22. The molecule has 2 aromatic carbocycles. The largest absolute Gasteiger partial charge is 0.496 e. The molecule has 202 valence electrons. The maximum absolute atomic E-state index is 13.2. The summed E-state index contributed by atoms with van der Waals surface area (Å²) in [5, 5.41) is 13.8. The van der Waals surface area contributed by atoms with Crippen molar-refractivity contribution < 1.29 is 9.47 Å². The molecule has 2 aromatic heterocycles. The molecule has 0 amide bonds. The number of H-pyrrole nitrogens is 1. The number of ether oxygens (including phenoxy) is 2. The van der Waals surface area contributed by atoms with Gasteiger partial charge in [-0.1, -0.05) is 32.0 Å². The van der Waals surface area contributed by atoms with Gasteiger partial charge in [-0.2, -0.15) is 0 Å². The van der Waals surface area contributed by atoms with Crippen molar-refractivity contribution in [1.82, 2.24) is 30.1 Å². The molecule has 9 nitrogen and oxygen atoms in total. The van der Waals surface area contributed by atoms with Gasteiger partial charge in [0.05, 0.1) is 25.3 Å². The number of tetrazole rings is 1.